The summed E-state index contributed by atoms with van der Waals surface area (Å²) in [5.41, 5.74) is 7.63. The zero-order chi connectivity index (χ0) is 13.1. The first-order chi connectivity index (χ1) is 8.60. The first-order valence-electron chi connectivity index (χ1n) is 6.33. The van der Waals surface area contributed by atoms with Crippen molar-refractivity contribution in [1.29, 1.82) is 0 Å². The Hall–Kier alpha value is -1.42. The van der Waals surface area contributed by atoms with Crippen LogP contribution in [0.2, 0.25) is 0 Å². The molecule has 1 aliphatic heterocycles. The van der Waals surface area contributed by atoms with Gasteiger partial charge in [-0.1, -0.05) is 6.07 Å². The molecule has 0 saturated carbocycles. The number of amides is 1. The fraction of sp³-hybridized carbons (Fsp3) is 0.500. The maximum atomic E-state index is 13.0. The van der Waals surface area contributed by atoms with E-state index in [1.165, 1.54) is 12.1 Å². The van der Waals surface area contributed by atoms with E-state index in [2.05, 4.69) is 0 Å². The van der Waals surface area contributed by atoms with Crippen LogP contribution in [0.3, 0.4) is 0 Å². The number of carbonyl (C=O) groups excluding carboxylic acids is 1. The third kappa shape index (κ3) is 2.88. The average molecular weight is 250 g/mol. The number of halogens is 1. The fourth-order valence-corrected chi connectivity index (χ4v) is 2.42. The molecule has 1 aromatic carbocycles. The van der Waals surface area contributed by atoms with Crippen molar-refractivity contribution in [2.24, 2.45) is 11.7 Å². The molecule has 1 aliphatic rings. The highest BCUT2D eigenvalue weighted by Crippen LogP contribution is 2.18. The van der Waals surface area contributed by atoms with Gasteiger partial charge in [0.2, 0.25) is 5.91 Å². The lowest BCUT2D eigenvalue weighted by Crippen LogP contribution is -2.28. The number of nitrogens with two attached hydrogens (primary N) is 1. The van der Waals surface area contributed by atoms with E-state index in [0.717, 1.165) is 24.1 Å². The van der Waals surface area contributed by atoms with E-state index in [9.17, 15) is 9.18 Å². The van der Waals surface area contributed by atoms with Gasteiger partial charge in [-0.15, -0.1) is 0 Å². The molecule has 0 radical (unpaired) electrons. The van der Waals surface area contributed by atoms with Crippen LogP contribution in [-0.4, -0.2) is 30.4 Å². The maximum absolute atomic E-state index is 13.0. The second kappa shape index (κ2) is 5.48. The number of rotatable bonds is 4. The molecule has 1 heterocycles. The van der Waals surface area contributed by atoms with Crippen LogP contribution in [0.5, 0.6) is 0 Å². The van der Waals surface area contributed by atoms with Crippen LogP contribution in [0.25, 0.3) is 0 Å². The van der Waals surface area contributed by atoms with Crippen molar-refractivity contribution >= 4 is 5.91 Å². The summed E-state index contributed by atoms with van der Waals surface area (Å²) in [6.07, 6.45) is 1.34. The van der Waals surface area contributed by atoms with E-state index < -0.39 is 0 Å². The average Bonchev–Trinajstić information content (AvgIpc) is 2.69. The summed E-state index contributed by atoms with van der Waals surface area (Å²) in [6, 6.07) is 4.80. The minimum atomic E-state index is -0.211. The smallest absolute Gasteiger partial charge is 0.222 e. The van der Waals surface area contributed by atoms with Crippen molar-refractivity contribution in [1.82, 2.24) is 4.90 Å². The second-order valence-corrected chi connectivity index (χ2v) is 4.97. The minimum absolute atomic E-state index is 0.185. The quantitative estimate of drug-likeness (QED) is 0.880. The van der Waals surface area contributed by atoms with Gasteiger partial charge in [-0.3, -0.25) is 4.79 Å². The highest BCUT2D eigenvalue weighted by atomic mass is 19.1. The molecule has 0 aromatic heterocycles. The van der Waals surface area contributed by atoms with E-state index >= 15 is 0 Å². The number of hydrogen-bond donors (Lipinski definition) is 1. The summed E-state index contributed by atoms with van der Waals surface area (Å²) >= 11 is 0. The van der Waals surface area contributed by atoms with Crippen molar-refractivity contribution < 1.29 is 9.18 Å². The van der Waals surface area contributed by atoms with Gasteiger partial charge in [0, 0.05) is 19.5 Å². The third-order valence-corrected chi connectivity index (χ3v) is 3.58. The fourth-order valence-electron chi connectivity index (χ4n) is 2.42. The predicted molar refractivity (Wildman–Crippen MR) is 68.6 cm³/mol. The Morgan fingerprint density at radius 3 is 2.89 bits per heavy atom. The number of likely N-dealkylation sites (tertiary alicyclic amines) is 1. The molecule has 1 aromatic rings. The summed E-state index contributed by atoms with van der Waals surface area (Å²) in [6.45, 7) is 3.92. The summed E-state index contributed by atoms with van der Waals surface area (Å²) in [4.78, 5) is 13.6. The van der Waals surface area contributed by atoms with Crippen LogP contribution in [0.4, 0.5) is 4.39 Å². The molecular weight excluding hydrogens is 231 g/mol. The lowest BCUT2D eigenvalue weighted by molar-refractivity contribution is -0.127. The molecule has 1 fully saturated rings. The van der Waals surface area contributed by atoms with Gasteiger partial charge >= 0.3 is 0 Å². The molecule has 1 atom stereocenters. The lowest BCUT2D eigenvalue weighted by atomic mass is 10.1. The highest BCUT2D eigenvalue weighted by molar-refractivity contribution is 5.78. The Morgan fingerprint density at radius 2 is 2.28 bits per heavy atom. The van der Waals surface area contributed by atoms with Gasteiger partial charge in [0.05, 0.1) is 0 Å². The SMILES string of the molecule is Cc1cc(F)ccc1CCN1CC(CN)CC1=O. The van der Waals surface area contributed by atoms with Gasteiger partial charge in [-0.2, -0.15) is 0 Å². The van der Waals surface area contributed by atoms with Crippen molar-refractivity contribution in [3.8, 4) is 0 Å². The van der Waals surface area contributed by atoms with Crippen LogP contribution in [0, 0.1) is 18.7 Å². The van der Waals surface area contributed by atoms with Gasteiger partial charge in [0.1, 0.15) is 5.82 Å². The van der Waals surface area contributed by atoms with Gasteiger partial charge in [0.25, 0.3) is 0 Å². The number of hydrogen-bond acceptors (Lipinski definition) is 2. The van der Waals surface area contributed by atoms with E-state index in [1.807, 2.05) is 11.8 Å². The predicted octanol–water partition coefficient (Wildman–Crippen LogP) is 1.48. The molecule has 2 rings (SSSR count). The van der Waals surface area contributed by atoms with Crippen molar-refractivity contribution in [3.63, 3.8) is 0 Å². The zero-order valence-electron chi connectivity index (χ0n) is 10.7. The Morgan fingerprint density at radius 1 is 1.50 bits per heavy atom. The molecule has 18 heavy (non-hydrogen) atoms. The zero-order valence-corrected chi connectivity index (χ0v) is 10.7. The molecular formula is C14H19FN2O. The monoisotopic (exact) mass is 250 g/mol. The third-order valence-electron chi connectivity index (χ3n) is 3.58. The summed E-state index contributed by atoms with van der Waals surface area (Å²) in [5, 5.41) is 0. The molecule has 3 nitrogen and oxygen atoms in total. The highest BCUT2D eigenvalue weighted by Gasteiger charge is 2.27. The Bertz CT molecular complexity index is 447. The van der Waals surface area contributed by atoms with Crippen molar-refractivity contribution in [2.45, 2.75) is 19.8 Å². The first kappa shape index (κ1) is 13.0. The molecule has 1 saturated heterocycles. The molecule has 0 bridgehead atoms. The first-order valence-corrected chi connectivity index (χ1v) is 6.33. The molecule has 1 unspecified atom stereocenters. The minimum Gasteiger partial charge on any atom is -0.342 e. The van der Waals surface area contributed by atoms with Crippen LogP contribution in [0.15, 0.2) is 18.2 Å². The standard InChI is InChI=1S/C14H19FN2O/c1-10-6-13(15)3-2-12(10)4-5-17-9-11(8-16)7-14(17)18/h2-3,6,11H,4-5,7-9,16H2,1H3. The Kier molecular flexibility index (Phi) is 3.97. The second-order valence-electron chi connectivity index (χ2n) is 4.97. The number of carbonyl (C=O) groups is 1. The normalized spacial score (nSPS) is 19.6. The molecule has 2 N–H and O–H groups in total. The maximum Gasteiger partial charge on any atom is 0.222 e. The van der Waals surface area contributed by atoms with E-state index in [1.54, 1.807) is 6.07 Å². The number of benzene rings is 1. The lowest BCUT2D eigenvalue weighted by Gasteiger charge is -2.17. The van der Waals surface area contributed by atoms with Crippen molar-refractivity contribution in [2.75, 3.05) is 19.6 Å². The molecule has 0 aliphatic carbocycles. The van der Waals surface area contributed by atoms with Gasteiger partial charge in [-0.25, -0.2) is 4.39 Å². The van der Waals surface area contributed by atoms with Gasteiger partial charge < -0.3 is 10.6 Å². The number of aryl methyl sites for hydroxylation is 1. The molecule has 1 amide bonds. The summed E-state index contributed by atoms with van der Waals surface area (Å²) < 4.78 is 13.0. The van der Waals surface area contributed by atoms with Gasteiger partial charge in [0.15, 0.2) is 0 Å². The Balaban J connectivity index is 1.94. The summed E-state index contributed by atoms with van der Waals surface area (Å²) in [7, 11) is 0. The Labute approximate surface area is 107 Å². The number of nitrogens with zero attached hydrogens (tertiary/aromatic N) is 1. The largest absolute Gasteiger partial charge is 0.342 e. The van der Waals surface area contributed by atoms with Gasteiger partial charge in [-0.05, 0) is 49.1 Å². The molecule has 4 heteroatoms. The van der Waals surface area contributed by atoms with Crippen LogP contribution >= 0.6 is 0 Å². The van der Waals surface area contributed by atoms with E-state index in [0.29, 0.717) is 25.4 Å². The van der Waals surface area contributed by atoms with E-state index in [-0.39, 0.29) is 11.7 Å². The molecule has 98 valence electrons. The summed E-state index contributed by atoms with van der Waals surface area (Å²) in [5.74, 6) is 0.272. The van der Waals surface area contributed by atoms with Crippen LogP contribution in [0.1, 0.15) is 17.5 Å². The topological polar surface area (TPSA) is 46.3 Å². The van der Waals surface area contributed by atoms with Crippen LogP contribution in [-0.2, 0) is 11.2 Å². The van der Waals surface area contributed by atoms with Crippen LogP contribution < -0.4 is 5.73 Å². The van der Waals surface area contributed by atoms with Crippen molar-refractivity contribution in [3.05, 3.63) is 35.1 Å². The van der Waals surface area contributed by atoms with E-state index in [4.69, 9.17) is 5.73 Å². The molecule has 0 spiro atoms.